The van der Waals surface area contributed by atoms with Crippen molar-refractivity contribution >= 4 is 5.84 Å². The third-order valence-corrected chi connectivity index (χ3v) is 4.00. The van der Waals surface area contributed by atoms with E-state index in [1.165, 1.54) is 5.57 Å². The Balaban J connectivity index is 1.87. The zero-order valence-corrected chi connectivity index (χ0v) is 12.9. The highest BCUT2D eigenvalue weighted by atomic mass is 15.1. The summed E-state index contributed by atoms with van der Waals surface area (Å²) in [5, 5.41) is 12.4. The fourth-order valence-corrected chi connectivity index (χ4v) is 2.64. The fraction of sp³-hybridized carbons (Fsp3) is 0.263. The second kappa shape index (κ2) is 6.03. The van der Waals surface area contributed by atoms with Crippen LogP contribution in [0.1, 0.15) is 20.3 Å². The van der Waals surface area contributed by atoms with Crippen LogP contribution in [-0.2, 0) is 0 Å². The molecule has 0 aromatic rings. The lowest BCUT2D eigenvalue weighted by atomic mass is 10.0. The molecule has 1 heterocycles. The Hall–Kier alpha value is -2.60. The van der Waals surface area contributed by atoms with Gasteiger partial charge in [-0.15, -0.1) is 0 Å². The van der Waals surface area contributed by atoms with Crippen LogP contribution in [0.3, 0.4) is 0 Å². The number of aliphatic imine (C=N–C) groups is 1. The molecule has 2 aliphatic carbocycles. The van der Waals surface area contributed by atoms with Gasteiger partial charge < -0.3 is 5.32 Å². The lowest BCUT2D eigenvalue weighted by Crippen LogP contribution is -2.19. The van der Waals surface area contributed by atoms with Crippen LogP contribution in [0.2, 0.25) is 0 Å². The first-order valence-electron chi connectivity index (χ1n) is 7.60. The average molecular weight is 289 g/mol. The summed E-state index contributed by atoms with van der Waals surface area (Å²) in [4.78, 5) is 4.73. The molecule has 0 fully saturated rings. The molecule has 0 aromatic carbocycles. The van der Waals surface area contributed by atoms with Gasteiger partial charge in [-0.3, -0.25) is 4.99 Å². The molecule has 0 radical (unpaired) electrons. The topological polar surface area (TPSA) is 48.2 Å². The van der Waals surface area contributed by atoms with Gasteiger partial charge in [-0.2, -0.15) is 5.26 Å². The van der Waals surface area contributed by atoms with Crippen molar-refractivity contribution in [1.29, 1.82) is 5.26 Å². The van der Waals surface area contributed by atoms with E-state index >= 15 is 0 Å². The molecular weight excluding hydrogens is 270 g/mol. The van der Waals surface area contributed by atoms with Gasteiger partial charge in [-0.1, -0.05) is 55.9 Å². The maximum absolute atomic E-state index is 9.08. The summed E-state index contributed by atoms with van der Waals surface area (Å²) < 4.78 is 0. The molecule has 0 spiro atoms. The zero-order chi connectivity index (χ0) is 15.5. The molecular formula is C19H19N3. The van der Waals surface area contributed by atoms with Crippen molar-refractivity contribution in [2.45, 2.75) is 26.3 Å². The minimum Gasteiger partial charge on any atom is -0.341 e. The number of nitrogens with one attached hydrogen (secondary N) is 1. The molecule has 1 N–H and O–H groups in total. The second-order valence-electron chi connectivity index (χ2n) is 5.89. The van der Waals surface area contributed by atoms with Crippen molar-refractivity contribution in [2.24, 2.45) is 10.9 Å². The fourth-order valence-electron chi connectivity index (χ4n) is 2.64. The standard InChI is InChI=1S/C19H19N3/c1-13(2)15-6-4-7-16(10-9-15)19-21-17-8-3-5-14(12-20)11-18(17)22-19/h3-5,7-11,13,17H,6H2,1-2H3,(H,21,22). The monoisotopic (exact) mass is 289 g/mol. The maximum atomic E-state index is 9.08. The smallest absolute Gasteiger partial charge is 0.133 e. The van der Waals surface area contributed by atoms with Crippen molar-refractivity contribution in [1.82, 2.24) is 5.32 Å². The third-order valence-electron chi connectivity index (χ3n) is 4.00. The Morgan fingerprint density at radius 1 is 1.32 bits per heavy atom. The van der Waals surface area contributed by atoms with Crippen LogP contribution in [0.4, 0.5) is 0 Å². The molecule has 1 unspecified atom stereocenters. The normalized spacial score (nSPS) is 23.2. The second-order valence-corrected chi connectivity index (χ2v) is 5.89. The minimum atomic E-state index is -0.0248. The van der Waals surface area contributed by atoms with Gasteiger partial charge in [0.2, 0.25) is 0 Å². The van der Waals surface area contributed by atoms with Crippen LogP contribution in [0.15, 0.2) is 76.0 Å². The highest BCUT2D eigenvalue weighted by Gasteiger charge is 2.23. The van der Waals surface area contributed by atoms with Crippen LogP contribution >= 0.6 is 0 Å². The van der Waals surface area contributed by atoms with E-state index in [0.717, 1.165) is 23.5 Å². The van der Waals surface area contributed by atoms with Crippen LogP contribution in [0.25, 0.3) is 0 Å². The van der Waals surface area contributed by atoms with E-state index < -0.39 is 0 Å². The highest BCUT2D eigenvalue weighted by Crippen LogP contribution is 2.23. The molecule has 1 aliphatic heterocycles. The lowest BCUT2D eigenvalue weighted by molar-refractivity contribution is 0.748. The summed E-state index contributed by atoms with van der Waals surface area (Å²) in [6.07, 6.45) is 17.2. The predicted octanol–water partition coefficient (Wildman–Crippen LogP) is 3.73. The number of nitrogens with zero attached hydrogens (tertiary/aromatic N) is 2. The first kappa shape index (κ1) is 14.3. The number of amidine groups is 1. The van der Waals surface area contributed by atoms with Gasteiger partial charge in [0.1, 0.15) is 11.9 Å². The van der Waals surface area contributed by atoms with Crippen LogP contribution < -0.4 is 5.32 Å². The van der Waals surface area contributed by atoms with Crippen LogP contribution in [0.5, 0.6) is 0 Å². The largest absolute Gasteiger partial charge is 0.341 e. The molecule has 0 saturated heterocycles. The Bertz CT molecular complexity index is 731. The van der Waals surface area contributed by atoms with Crippen LogP contribution in [-0.4, -0.2) is 11.9 Å². The summed E-state index contributed by atoms with van der Waals surface area (Å²) in [5.41, 5.74) is 4.11. The first-order chi connectivity index (χ1) is 10.7. The van der Waals surface area contributed by atoms with E-state index in [0.29, 0.717) is 11.5 Å². The molecule has 3 rings (SSSR count). The lowest BCUT2D eigenvalue weighted by Gasteiger charge is -2.06. The van der Waals surface area contributed by atoms with Crippen molar-refractivity contribution in [2.75, 3.05) is 0 Å². The SMILES string of the molecule is CC(C)C1=CC=C(C2=NC3C=CC=C(C#N)C=C3N2)C=CC1. The zero-order valence-electron chi connectivity index (χ0n) is 12.9. The third kappa shape index (κ3) is 2.87. The molecule has 1 atom stereocenters. The van der Waals surface area contributed by atoms with Gasteiger partial charge in [0, 0.05) is 11.3 Å². The summed E-state index contributed by atoms with van der Waals surface area (Å²) in [6, 6.07) is 2.16. The molecule has 0 amide bonds. The van der Waals surface area contributed by atoms with Gasteiger partial charge in [-0.05, 0) is 24.5 Å². The quantitative estimate of drug-likeness (QED) is 0.842. The van der Waals surface area contributed by atoms with E-state index in [1.54, 1.807) is 0 Å². The molecule has 3 aliphatic rings. The van der Waals surface area contributed by atoms with E-state index in [-0.39, 0.29) is 6.04 Å². The average Bonchev–Trinajstić information content (AvgIpc) is 2.70. The van der Waals surface area contributed by atoms with Gasteiger partial charge in [0.15, 0.2) is 0 Å². The summed E-state index contributed by atoms with van der Waals surface area (Å²) >= 11 is 0. The number of rotatable bonds is 2. The predicted molar refractivity (Wildman–Crippen MR) is 90.0 cm³/mol. The summed E-state index contributed by atoms with van der Waals surface area (Å²) in [7, 11) is 0. The number of allylic oxidation sites excluding steroid dienone is 8. The molecule has 3 heteroatoms. The minimum absolute atomic E-state index is 0.0248. The molecule has 0 saturated carbocycles. The van der Waals surface area contributed by atoms with E-state index in [4.69, 9.17) is 10.3 Å². The van der Waals surface area contributed by atoms with Crippen molar-refractivity contribution < 1.29 is 0 Å². The Morgan fingerprint density at radius 2 is 2.18 bits per heavy atom. The van der Waals surface area contributed by atoms with Gasteiger partial charge in [0.05, 0.1) is 11.6 Å². The number of hydrogen-bond donors (Lipinski definition) is 1. The molecule has 3 nitrogen and oxygen atoms in total. The van der Waals surface area contributed by atoms with Gasteiger partial charge in [-0.25, -0.2) is 0 Å². The summed E-state index contributed by atoms with van der Waals surface area (Å²) in [5.74, 6) is 1.43. The molecule has 22 heavy (non-hydrogen) atoms. The summed E-state index contributed by atoms with van der Waals surface area (Å²) in [6.45, 7) is 4.43. The number of hydrogen-bond acceptors (Lipinski definition) is 3. The van der Waals surface area contributed by atoms with Crippen LogP contribution in [0, 0.1) is 17.2 Å². The van der Waals surface area contributed by atoms with Crippen molar-refractivity contribution in [3.05, 3.63) is 71.0 Å². The molecule has 0 aromatic heterocycles. The van der Waals surface area contributed by atoms with Gasteiger partial charge >= 0.3 is 0 Å². The Kier molecular flexibility index (Phi) is 3.93. The van der Waals surface area contributed by atoms with E-state index in [9.17, 15) is 0 Å². The number of nitriles is 1. The molecule has 0 bridgehead atoms. The number of fused-ring (bicyclic) bond motifs is 1. The van der Waals surface area contributed by atoms with Crippen molar-refractivity contribution in [3.8, 4) is 6.07 Å². The van der Waals surface area contributed by atoms with Gasteiger partial charge in [0.25, 0.3) is 0 Å². The van der Waals surface area contributed by atoms with E-state index in [1.807, 2.05) is 24.3 Å². The molecule has 110 valence electrons. The van der Waals surface area contributed by atoms with Crippen molar-refractivity contribution in [3.63, 3.8) is 0 Å². The van der Waals surface area contributed by atoms with E-state index in [2.05, 4.69) is 49.5 Å². The Labute approximate surface area is 131 Å². The highest BCUT2D eigenvalue weighted by molar-refractivity contribution is 6.04. The Morgan fingerprint density at radius 3 is 2.95 bits per heavy atom. The maximum Gasteiger partial charge on any atom is 0.133 e. The first-order valence-corrected chi connectivity index (χ1v) is 7.60.